The van der Waals surface area contributed by atoms with Gasteiger partial charge >= 0.3 is 0 Å². The molecule has 2 aromatic rings. The van der Waals surface area contributed by atoms with Crippen LogP contribution in [0, 0.1) is 5.41 Å². The molecule has 2 atom stereocenters. The minimum Gasteiger partial charge on any atom is -0.379 e. The van der Waals surface area contributed by atoms with E-state index in [0.717, 1.165) is 44.1 Å². The van der Waals surface area contributed by atoms with Crippen molar-refractivity contribution in [3.8, 4) is 0 Å². The molecule has 0 saturated carbocycles. The van der Waals surface area contributed by atoms with E-state index in [1.807, 2.05) is 22.9 Å². The lowest BCUT2D eigenvalue weighted by Gasteiger charge is -2.42. The van der Waals surface area contributed by atoms with E-state index >= 15 is 0 Å². The van der Waals surface area contributed by atoms with Crippen molar-refractivity contribution in [1.82, 2.24) is 25.1 Å². The Bertz CT molecular complexity index is 886. The van der Waals surface area contributed by atoms with Crippen LogP contribution in [0.1, 0.15) is 58.5 Å². The first-order valence-corrected chi connectivity index (χ1v) is 11.2. The molecule has 1 aromatic carbocycles. The number of hydrogen-bond donors (Lipinski definition) is 0. The van der Waals surface area contributed by atoms with Crippen LogP contribution in [0.25, 0.3) is 6.08 Å². The molecular formula is C22H31Cl2N5O. The standard InChI is InChI=1S/C22H31Cl2N5O/c1-6-22(5,28-11-13-30-14-12-28)20-25-26-27-29(20)19(21(2,3)4)10-8-16-7-9-17(23)15-18(16)24/h7-10,15,19H,6,11-14H2,1-5H3. The van der Waals surface area contributed by atoms with Gasteiger partial charge < -0.3 is 4.74 Å². The number of nitrogens with zero attached hydrogens (tertiary/aromatic N) is 5. The zero-order valence-electron chi connectivity index (χ0n) is 18.4. The molecule has 0 spiro atoms. The molecule has 1 aliphatic heterocycles. The number of aromatic nitrogens is 4. The van der Waals surface area contributed by atoms with Gasteiger partial charge in [-0.15, -0.1) is 5.10 Å². The summed E-state index contributed by atoms with van der Waals surface area (Å²) < 4.78 is 7.53. The first-order chi connectivity index (χ1) is 14.2. The number of rotatable bonds is 6. The molecule has 164 valence electrons. The summed E-state index contributed by atoms with van der Waals surface area (Å²) in [6.07, 6.45) is 5.05. The van der Waals surface area contributed by atoms with Crippen molar-refractivity contribution >= 4 is 29.3 Å². The minimum absolute atomic E-state index is 0.0545. The number of hydrogen-bond acceptors (Lipinski definition) is 5. The lowest BCUT2D eigenvalue weighted by atomic mass is 9.85. The first-order valence-electron chi connectivity index (χ1n) is 10.4. The van der Waals surface area contributed by atoms with E-state index in [4.69, 9.17) is 27.9 Å². The second-order valence-electron chi connectivity index (χ2n) is 9.01. The molecule has 1 saturated heterocycles. The summed E-state index contributed by atoms with van der Waals surface area (Å²) in [4.78, 5) is 2.43. The Morgan fingerprint density at radius 2 is 1.87 bits per heavy atom. The van der Waals surface area contributed by atoms with Crippen molar-refractivity contribution in [2.24, 2.45) is 5.41 Å². The molecule has 1 aromatic heterocycles. The zero-order chi connectivity index (χ0) is 21.9. The van der Waals surface area contributed by atoms with E-state index in [2.05, 4.69) is 61.1 Å². The molecular weight excluding hydrogens is 421 g/mol. The summed E-state index contributed by atoms with van der Waals surface area (Å²) in [6, 6.07) is 5.46. The number of ether oxygens (including phenoxy) is 1. The molecule has 8 heteroatoms. The zero-order valence-corrected chi connectivity index (χ0v) is 19.9. The highest BCUT2D eigenvalue weighted by Crippen LogP contribution is 2.38. The Morgan fingerprint density at radius 3 is 2.47 bits per heavy atom. The maximum absolute atomic E-state index is 6.38. The van der Waals surface area contributed by atoms with Crippen LogP contribution in [0.4, 0.5) is 0 Å². The van der Waals surface area contributed by atoms with Gasteiger partial charge in [0, 0.05) is 23.1 Å². The third kappa shape index (κ3) is 4.88. The van der Waals surface area contributed by atoms with Gasteiger partial charge in [0.25, 0.3) is 0 Å². The van der Waals surface area contributed by atoms with Gasteiger partial charge in [-0.2, -0.15) is 0 Å². The monoisotopic (exact) mass is 451 g/mol. The fourth-order valence-electron chi connectivity index (χ4n) is 3.88. The highest BCUT2D eigenvalue weighted by Gasteiger charge is 2.40. The van der Waals surface area contributed by atoms with Crippen molar-refractivity contribution in [2.75, 3.05) is 26.3 Å². The van der Waals surface area contributed by atoms with E-state index in [-0.39, 0.29) is 17.0 Å². The Hall–Kier alpha value is -1.47. The summed E-state index contributed by atoms with van der Waals surface area (Å²) in [7, 11) is 0. The van der Waals surface area contributed by atoms with Crippen LogP contribution >= 0.6 is 23.2 Å². The van der Waals surface area contributed by atoms with Crippen molar-refractivity contribution in [1.29, 1.82) is 0 Å². The highest BCUT2D eigenvalue weighted by molar-refractivity contribution is 6.35. The quantitative estimate of drug-likeness (QED) is 0.600. The summed E-state index contributed by atoms with van der Waals surface area (Å²) in [5.41, 5.74) is 0.526. The topological polar surface area (TPSA) is 56.1 Å². The smallest absolute Gasteiger partial charge is 0.171 e. The molecule has 0 aliphatic carbocycles. The van der Waals surface area contributed by atoms with Gasteiger partial charge in [-0.1, -0.05) is 69.1 Å². The van der Waals surface area contributed by atoms with Gasteiger partial charge in [0.2, 0.25) is 0 Å². The Kier molecular flexibility index (Phi) is 7.23. The molecule has 1 aliphatic rings. The van der Waals surface area contributed by atoms with Crippen molar-refractivity contribution < 1.29 is 4.74 Å². The van der Waals surface area contributed by atoms with Crippen molar-refractivity contribution in [3.05, 3.63) is 45.7 Å². The van der Waals surface area contributed by atoms with E-state index < -0.39 is 0 Å². The summed E-state index contributed by atoms with van der Waals surface area (Å²) in [6.45, 7) is 14.2. The average Bonchev–Trinajstić information content (AvgIpc) is 3.18. The summed E-state index contributed by atoms with van der Waals surface area (Å²) in [5, 5.41) is 14.2. The second kappa shape index (κ2) is 9.35. The van der Waals surface area contributed by atoms with E-state index in [0.29, 0.717) is 10.0 Å². The van der Waals surface area contributed by atoms with Crippen LogP contribution in [0.2, 0.25) is 10.0 Å². The molecule has 0 bridgehead atoms. The van der Waals surface area contributed by atoms with E-state index in [1.165, 1.54) is 0 Å². The number of halogens is 2. The van der Waals surface area contributed by atoms with Gasteiger partial charge in [-0.3, -0.25) is 4.90 Å². The van der Waals surface area contributed by atoms with Crippen LogP contribution in [-0.2, 0) is 10.3 Å². The summed E-state index contributed by atoms with van der Waals surface area (Å²) in [5.74, 6) is 0.874. The molecule has 0 amide bonds. The molecule has 0 radical (unpaired) electrons. The average molecular weight is 452 g/mol. The largest absolute Gasteiger partial charge is 0.379 e. The van der Waals surface area contributed by atoms with Gasteiger partial charge in [-0.05, 0) is 46.9 Å². The van der Waals surface area contributed by atoms with Crippen molar-refractivity contribution in [3.63, 3.8) is 0 Å². The normalized spacial score (nSPS) is 19.2. The van der Waals surface area contributed by atoms with Crippen LogP contribution in [0.5, 0.6) is 0 Å². The minimum atomic E-state index is -0.275. The van der Waals surface area contributed by atoms with Crippen LogP contribution < -0.4 is 0 Å². The van der Waals surface area contributed by atoms with Gasteiger partial charge in [0.05, 0.1) is 24.8 Å². The molecule has 3 rings (SSSR count). The lowest BCUT2D eigenvalue weighted by Crippen LogP contribution is -2.51. The predicted octanol–water partition coefficient (Wildman–Crippen LogP) is 5.24. The second-order valence-corrected chi connectivity index (χ2v) is 9.85. The highest BCUT2D eigenvalue weighted by atomic mass is 35.5. The Labute approximate surface area is 189 Å². The third-order valence-corrected chi connectivity index (χ3v) is 6.51. The van der Waals surface area contributed by atoms with Crippen LogP contribution in [0.3, 0.4) is 0 Å². The van der Waals surface area contributed by atoms with Crippen LogP contribution in [0.15, 0.2) is 24.3 Å². The van der Waals surface area contributed by atoms with Gasteiger partial charge in [-0.25, -0.2) is 4.68 Å². The maximum Gasteiger partial charge on any atom is 0.171 e. The molecule has 2 heterocycles. The van der Waals surface area contributed by atoms with Gasteiger partial charge in [0.1, 0.15) is 0 Å². The lowest BCUT2D eigenvalue weighted by molar-refractivity contribution is -0.0258. The van der Waals surface area contributed by atoms with Gasteiger partial charge in [0.15, 0.2) is 5.82 Å². The Morgan fingerprint density at radius 1 is 1.17 bits per heavy atom. The van der Waals surface area contributed by atoms with E-state index in [1.54, 1.807) is 6.07 Å². The molecule has 30 heavy (non-hydrogen) atoms. The summed E-state index contributed by atoms with van der Waals surface area (Å²) >= 11 is 12.4. The number of benzene rings is 1. The molecule has 2 unspecified atom stereocenters. The third-order valence-electron chi connectivity index (χ3n) is 5.94. The molecule has 0 N–H and O–H groups in total. The predicted molar refractivity (Wildman–Crippen MR) is 122 cm³/mol. The van der Waals surface area contributed by atoms with Crippen LogP contribution in [-0.4, -0.2) is 51.4 Å². The SMILES string of the molecule is CCC(C)(c1nnnn1C(C=Cc1ccc(Cl)cc1Cl)C(C)(C)C)N1CCOCC1. The molecule has 6 nitrogen and oxygen atoms in total. The maximum atomic E-state index is 6.38. The fraction of sp³-hybridized carbons (Fsp3) is 0.591. The number of allylic oxidation sites excluding steroid dienone is 1. The van der Waals surface area contributed by atoms with Crippen molar-refractivity contribution in [2.45, 2.75) is 52.6 Å². The number of tetrazole rings is 1. The van der Waals surface area contributed by atoms with E-state index in [9.17, 15) is 0 Å². The fourth-order valence-corrected chi connectivity index (χ4v) is 4.36. The first kappa shape index (κ1) is 23.2. The number of morpholine rings is 1. The molecule has 1 fully saturated rings. The Balaban J connectivity index is 2.00.